The number of amides is 5. The molecule has 2 spiro atoms. The number of unbranched alkanes of at least 4 members (excludes halogenated alkanes) is 1. The number of urea groups is 2. The molecule has 5 amide bonds. The first-order valence-electron chi connectivity index (χ1n) is 35.2. The number of allylic oxidation sites excluding steroid dienone is 4. The van der Waals surface area contributed by atoms with Gasteiger partial charge in [-0.3, -0.25) is 68.8 Å². The minimum absolute atomic E-state index is 0. The molecule has 566 valence electrons. The molecule has 31 heteroatoms. The summed E-state index contributed by atoms with van der Waals surface area (Å²) in [6.45, 7) is 20.5. The van der Waals surface area contributed by atoms with Crippen LogP contribution in [0.3, 0.4) is 0 Å². The molecular weight excluding hydrogens is 1520 g/mol. The summed E-state index contributed by atoms with van der Waals surface area (Å²) in [6.07, 6.45) is 27.2. The zero-order valence-electron chi connectivity index (χ0n) is 63.1. The number of halogens is 1. The second-order valence-electron chi connectivity index (χ2n) is 26.4. The Morgan fingerprint density at radius 2 is 1.17 bits per heavy atom. The molecular formula is C78H91BBrK2N11O16. The minimum atomic E-state index is -1.43. The molecule has 8 aliphatic rings. The van der Waals surface area contributed by atoms with Crippen LogP contribution in [0, 0.1) is 35.0 Å². The summed E-state index contributed by atoms with van der Waals surface area (Å²) in [5.74, 6) is -2.11. The molecule has 0 bridgehead atoms. The van der Waals surface area contributed by atoms with Crippen molar-refractivity contribution < 1.29 is 182 Å². The number of esters is 1. The molecule has 27 nitrogen and oxygen atoms in total. The van der Waals surface area contributed by atoms with Crippen LogP contribution < -0.4 is 135 Å². The van der Waals surface area contributed by atoms with Crippen LogP contribution in [0.2, 0.25) is 6.32 Å². The number of imide groups is 1. The summed E-state index contributed by atoms with van der Waals surface area (Å²) in [7, 11) is -1.36. The van der Waals surface area contributed by atoms with Crippen molar-refractivity contribution in [3.8, 4) is 0 Å². The van der Waals surface area contributed by atoms with Gasteiger partial charge in [-0.2, -0.15) is 0 Å². The third-order valence-corrected chi connectivity index (χ3v) is 20.4. The van der Waals surface area contributed by atoms with Gasteiger partial charge in [0.1, 0.15) is 16.7 Å². The molecule has 14 rings (SSSR count). The number of hydrogen-bond acceptors (Lipinski definition) is 22. The van der Waals surface area contributed by atoms with Gasteiger partial charge in [0.15, 0.2) is 22.9 Å². The van der Waals surface area contributed by atoms with Gasteiger partial charge in [-0.25, -0.2) is 14.4 Å². The van der Waals surface area contributed by atoms with E-state index in [2.05, 4.69) is 111 Å². The van der Waals surface area contributed by atoms with Gasteiger partial charge < -0.3 is 53.1 Å². The molecule has 9 atom stereocenters. The summed E-state index contributed by atoms with van der Waals surface area (Å²) in [4.78, 5) is 142. The SMILES string of the molecule is C=CCBr.C=CCC1(C(=O)OCC)Cc2ncccc2C1=O.C=CCC1Cc2ncccc2C12CNC(=O)N2.C=CCC1Cc2ncccc2C1=O.CC(=O)C1Cc2ncccc2C1=O.CCCCC1Cc2ncccc2C12NC(=O)NC2=O.NC1(C(=O)O)c2cccnc2CC1CCCB(O)O.O=CO[O-].[H-].[K+].[K+]. The van der Waals surface area contributed by atoms with Gasteiger partial charge in [-0.15, -0.1) is 26.3 Å². The van der Waals surface area contributed by atoms with E-state index in [9.17, 15) is 48.3 Å². The second-order valence-corrected chi connectivity index (χ2v) is 27.0. The smallest absolute Gasteiger partial charge is 1.00 e. The van der Waals surface area contributed by atoms with Crippen molar-refractivity contribution in [2.45, 2.75) is 134 Å². The van der Waals surface area contributed by atoms with E-state index in [-0.39, 0.29) is 188 Å². The number of aromatic nitrogens is 6. The summed E-state index contributed by atoms with van der Waals surface area (Å²) in [5.41, 5.74) is 12.0. The van der Waals surface area contributed by atoms with Gasteiger partial charge in [0, 0.05) is 131 Å². The third-order valence-electron chi connectivity index (χ3n) is 19.9. The molecule has 8 heterocycles. The summed E-state index contributed by atoms with van der Waals surface area (Å²) >= 11 is 3.13. The number of carbonyl (C=O) groups is 10. The Morgan fingerprint density at radius 3 is 1.64 bits per heavy atom. The maximum absolute atomic E-state index is 12.4. The van der Waals surface area contributed by atoms with Crippen molar-refractivity contribution in [3.63, 3.8) is 0 Å². The van der Waals surface area contributed by atoms with Crippen LogP contribution in [-0.4, -0.2) is 130 Å². The molecule has 9 N–H and O–H groups in total. The van der Waals surface area contributed by atoms with Crippen molar-refractivity contribution in [3.05, 3.63) is 228 Å². The van der Waals surface area contributed by atoms with Crippen LogP contribution in [-0.2, 0) is 88.7 Å². The number of ether oxygens (including phenoxy) is 1. The number of fused-ring (bicyclic) bond motifs is 8. The van der Waals surface area contributed by atoms with Crippen LogP contribution in [0.25, 0.3) is 0 Å². The van der Waals surface area contributed by atoms with Gasteiger partial charge in [-0.1, -0.05) is 84.6 Å². The second kappa shape index (κ2) is 44.2. The maximum Gasteiger partial charge on any atom is 1.00 e. The van der Waals surface area contributed by atoms with Crippen LogP contribution in [0.4, 0.5) is 9.59 Å². The molecule has 2 aliphatic heterocycles. The third kappa shape index (κ3) is 21.7. The van der Waals surface area contributed by atoms with Crippen LogP contribution in [0.5, 0.6) is 0 Å². The molecule has 6 aromatic rings. The fraction of sp³-hybridized carbons (Fsp3) is 0.385. The number of carbonyl (C=O) groups excluding carboxylic acids is 9. The quantitative estimate of drug-likeness (QED) is 0.00658. The number of hydrogen-bond donors (Lipinski definition) is 8. The van der Waals surface area contributed by atoms with E-state index < -0.39 is 47.5 Å². The predicted molar refractivity (Wildman–Crippen MR) is 398 cm³/mol. The largest absolute Gasteiger partial charge is 1.00 e. The zero-order chi connectivity index (χ0) is 78.1. The van der Waals surface area contributed by atoms with E-state index >= 15 is 0 Å². The van der Waals surface area contributed by atoms with E-state index in [0.29, 0.717) is 67.0 Å². The Balaban J connectivity index is 0.000000273. The van der Waals surface area contributed by atoms with Gasteiger partial charge >= 0.3 is 134 Å². The van der Waals surface area contributed by atoms with E-state index in [4.69, 9.17) is 30.6 Å². The first-order valence-corrected chi connectivity index (χ1v) is 36.3. The number of nitrogens with one attached hydrogen (secondary N) is 4. The Labute approximate surface area is 728 Å². The molecule has 6 aromatic heterocycles. The van der Waals surface area contributed by atoms with Gasteiger partial charge in [0.05, 0.1) is 35.1 Å². The number of ketones is 4. The molecule has 109 heavy (non-hydrogen) atoms. The summed E-state index contributed by atoms with van der Waals surface area (Å²) < 4.78 is 5.05. The van der Waals surface area contributed by atoms with Crippen molar-refractivity contribution >= 4 is 82.6 Å². The maximum atomic E-state index is 12.4. The van der Waals surface area contributed by atoms with E-state index in [1.54, 1.807) is 92.5 Å². The number of aliphatic carboxylic acids is 1. The monoisotopic (exact) mass is 1610 g/mol. The fourth-order valence-corrected chi connectivity index (χ4v) is 14.8. The number of carboxylic acids is 1. The van der Waals surface area contributed by atoms with Crippen molar-refractivity contribution in [1.29, 1.82) is 0 Å². The fourth-order valence-electron chi connectivity index (χ4n) is 14.8. The van der Waals surface area contributed by atoms with Crippen LogP contribution >= 0.6 is 15.9 Å². The number of Topliss-reactive ketones (excluding diaryl/α,β-unsaturated/α-hetero) is 4. The number of nitrogens with zero attached hydrogens (tertiary/aromatic N) is 6. The molecule has 0 saturated carbocycles. The van der Waals surface area contributed by atoms with Gasteiger partial charge in [0.2, 0.25) is 0 Å². The first kappa shape index (κ1) is 92.4. The molecule has 2 fully saturated rings. The predicted octanol–water partition coefficient (Wildman–Crippen LogP) is 1.67. The topological polar surface area (TPSA) is 424 Å². The molecule has 0 aromatic carbocycles. The molecule has 9 unspecified atom stereocenters. The Kier molecular flexibility index (Phi) is 37.4. The number of nitrogens with two attached hydrogens (primary N) is 1. The van der Waals surface area contributed by atoms with Crippen molar-refractivity contribution in [2.24, 2.45) is 40.7 Å². The summed E-state index contributed by atoms with van der Waals surface area (Å²) in [5, 5.41) is 47.6. The zero-order valence-corrected chi connectivity index (χ0v) is 69.9. The Bertz CT molecular complexity index is 4270. The van der Waals surface area contributed by atoms with Gasteiger partial charge in [0.25, 0.3) is 12.4 Å². The average Bonchev–Trinajstić information content (AvgIpc) is 1.57. The number of carboxylic acid groups (broad SMARTS) is 1. The molecule has 0 radical (unpaired) electrons. The van der Waals surface area contributed by atoms with E-state index in [1.165, 1.54) is 6.92 Å². The van der Waals surface area contributed by atoms with Crippen molar-refractivity contribution in [1.82, 2.24) is 51.2 Å². The molecule has 2 saturated heterocycles. The minimum Gasteiger partial charge on any atom is -1.00 e. The number of rotatable bonds is 19. The van der Waals surface area contributed by atoms with Crippen LogP contribution in [0.1, 0.15) is 155 Å². The first-order chi connectivity index (χ1) is 51.4. The Hall–Kier alpha value is -7.18. The normalized spacial score (nSPS) is 22.7. The van der Waals surface area contributed by atoms with Gasteiger partial charge in [-0.05, 0) is 138 Å². The standard InChI is InChI=1S/C14H17N3O2.C14H15NO3.C13H15N3O.C12H17BN2O4.C11H11NO.C10H9NO2.C3H5Br.CH2O3.2K.H/c1-2-3-5-9-8-11-10(6-4-7-15-11)14(9)12(18)16-13(19)17-14;1-3-7-14(13(17)18-4-2)9-11-10(12(14)16)6-5-8-15-11;1-2-4-9-7-11-10(5-3-6-14-11)13(9)8-15-12(17)16-13;14-12(11(16)17)8(3-1-5-13(18)19)7-10-9(12)4-2-6-15-10;1-2-4-8-7-10-9(11(8)13)5-3-6-12-10;1-6(12)8-5-9-7(10(8)13)3-2-4-11-9;1-2-3-4;2-1-4-3;;;/h4,6-7,9H,2-3,5,8H2,1H3,(H2,16,17,18,19);3,5-6,8H,1,4,7,9H2,2H3;2-3,5-6,9H,1,4,7-8H2,(H2,15,16,17);2,4,6,8,18-19H,1,3,5,7,14H2,(H,16,17);2-3,5-6,8H,1,4,7H2;2-4,8H,5H2,1H3;2H,1,3H2;1,3H;;;/q;;;;;;;;2*+1;-1/p-1. The summed E-state index contributed by atoms with van der Waals surface area (Å²) in [6, 6.07) is 21.1. The average molecular weight is 1610 g/mol. The van der Waals surface area contributed by atoms with Crippen molar-refractivity contribution in [2.75, 3.05) is 18.5 Å². The molecule has 6 aliphatic carbocycles. The van der Waals surface area contributed by atoms with E-state index in [1.807, 2.05) is 42.6 Å². The van der Waals surface area contributed by atoms with E-state index in [0.717, 1.165) is 102 Å². The number of pyridine rings is 6. The Morgan fingerprint density at radius 1 is 0.661 bits per heavy atom. The number of alkyl halides is 1. The van der Waals surface area contributed by atoms with Crippen LogP contribution in [0.15, 0.2) is 161 Å².